The number of halogens is 1. The fraction of sp³-hybridized carbons (Fsp3) is 0. The van der Waals surface area contributed by atoms with Crippen molar-refractivity contribution in [2.45, 2.75) is 0 Å². The summed E-state index contributed by atoms with van der Waals surface area (Å²) < 4.78 is 2.85. The normalized spacial score (nSPS) is 10.5. The minimum absolute atomic E-state index is 0.135. The highest BCUT2D eigenvalue weighted by Gasteiger charge is 2.19. The lowest BCUT2D eigenvalue weighted by molar-refractivity contribution is 0.103. The van der Waals surface area contributed by atoms with Crippen LogP contribution in [0, 0.1) is 3.57 Å². The molecule has 3 aromatic rings. The monoisotopic (exact) mass is 389 g/mol. The number of anilines is 1. The molecule has 0 fully saturated rings. The molecule has 2 N–H and O–H groups in total. The van der Waals surface area contributed by atoms with E-state index in [4.69, 9.17) is 5.73 Å². The van der Waals surface area contributed by atoms with Crippen molar-refractivity contribution in [2.24, 2.45) is 0 Å². The second-order valence-electron chi connectivity index (χ2n) is 4.52. The molecule has 0 spiro atoms. The van der Waals surface area contributed by atoms with Crippen LogP contribution >= 0.6 is 22.6 Å². The lowest BCUT2D eigenvalue weighted by Gasteiger charge is -2.08. The quantitative estimate of drug-likeness (QED) is 0.553. The van der Waals surface area contributed by atoms with Crippen molar-refractivity contribution in [3.05, 3.63) is 75.8 Å². The van der Waals surface area contributed by atoms with Crippen LogP contribution in [0.1, 0.15) is 16.1 Å². The minimum Gasteiger partial charge on any atom is -0.382 e. The number of ketones is 1. The highest BCUT2D eigenvalue weighted by atomic mass is 127. The highest BCUT2D eigenvalue weighted by molar-refractivity contribution is 14.1. The first-order valence-electron chi connectivity index (χ1n) is 6.35. The van der Waals surface area contributed by atoms with E-state index >= 15 is 0 Å². The van der Waals surface area contributed by atoms with E-state index in [2.05, 4.69) is 27.6 Å². The molecule has 0 aliphatic carbocycles. The molecule has 1 aromatic heterocycles. The van der Waals surface area contributed by atoms with E-state index in [1.165, 1.54) is 0 Å². The molecule has 2 aromatic carbocycles. The number of aromatic nitrogens is 2. The van der Waals surface area contributed by atoms with Gasteiger partial charge in [-0.25, -0.2) is 4.98 Å². The summed E-state index contributed by atoms with van der Waals surface area (Å²) in [4.78, 5) is 16.7. The van der Waals surface area contributed by atoms with E-state index in [0.29, 0.717) is 11.3 Å². The van der Waals surface area contributed by atoms with Gasteiger partial charge in [0.15, 0.2) is 5.82 Å². The molecule has 0 aliphatic heterocycles. The third-order valence-electron chi connectivity index (χ3n) is 3.15. The van der Waals surface area contributed by atoms with E-state index in [0.717, 1.165) is 9.26 Å². The molecular formula is C16H12IN3O. The Kier molecular flexibility index (Phi) is 3.74. The molecule has 0 aliphatic rings. The number of imidazole rings is 1. The van der Waals surface area contributed by atoms with Gasteiger partial charge in [0, 0.05) is 14.8 Å². The molecule has 21 heavy (non-hydrogen) atoms. The third-order valence-corrected chi connectivity index (χ3v) is 3.87. The Morgan fingerprint density at radius 1 is 1.05 bits per heavy atom. The van der Waals surface area contributed by atoms with Crippen LogP contribution < -0.4 is 5.73 Å². The van der Waals surface area contributed by atoms with Gasteiger partial charge < -0.3 is 5.73 Å². The van der Waals surface area contributed by atoms with Gasteiger partial charge in [-0.3, -0.25) is 9.36 Å². The smallest absolute Gasteiger partial charge is 0.213 e. The number of nitrogens with two attached hydrogens (primary N) is 1. The zero-order valence-corrected chi connectivity index (χ0v) is 13.2. The van der Waals surface area contributed by atoms with Crippen LogP contribution in [0.15, 0.2) is 60.9 Å². The molecule has 0 atom stereocenters. The van der Waals surface area contributed by atoms with Gasteiger partial charge in [0.1, 0.15) is 12.0 Å². The largest absolute Gasteiger partial charge is 0.382 e. The molecule has 0 amide bonds. The van der Waals surface area contributed by atoms with E-state index in [1.807, 2.05) is 42.5 Å². The summed E-state index contributed by atoms with van der Waals surface area (Å²) in [6.45, 7) is 0. The Balaban J connectivity index is 2.09. The first kappa shape index (κ1) is 13.8. The van der Waals surface area contributed by atoms with Crippen molar-refractivity contribution in [3.8, 4) is 5.69 Å². The zero-order valence-electron chi connectivity index (χ0n) is 11.0. The van der Waals surface area contributed by atoms with E-state index in [9.17, 15) is 4.79 Å². The maximum Gasteiger partial charge on any atom is 0.213 e. The Labute approximate surface area is 135 Å². The van der Waals surface area contributed by atoms with Crippen LogP contribution in [-0.2, 0) is 0 Å². The van der Waals surface area contributed by atoms with E-state index in [-0.39, 0.29) is 11.6 Å². The summed E-state index contributed by atoms with van der Waals surface area (Å²) in [5.74, 6) is 0.103. The van der Waals surface area contributed by atoms with Crippen molar-refractivity contribution in [3.63, 3.8) is 0 Å². The molecule has 0 unspecified atom stereocenters. The van der Waals surface area contributed by atoms with Gasteiger partial charge in [-0.2, -0.15) is 0 Å². The summed E-state index contributed by atoms with van der Waals surface area (Å²) in [5.41, 5.74) is 7.74. The Bertz CT molecular complexity index is 779. The van der Waals surface area contributed by atoms with Crippen molar-refractivity contribution < 1.29 is 4.79 Å². The fourth-order valence-electron chi connectivity index (χ4n) is 2.11. The lowest BCUT2D eigenvalue weighted by atomic mass is 10.1. The number of hydrogen-bond donors (Lipinski definition) is 1. The number of carbonyl (C=O) groups excluding carboxylic acids is 1. The predicted molar refractivity (Wildman–Crippen MR) is 90.6 cm³/mol. The first-order chi connectivity index (χ1) is 10.2. The second kappa shape index (κ2) is 5.69. The molecule has 5 heteroatoms. The van der Waals surface area contributed by atoms with E-state index < -0.39 is 0 Å². The van der Waals surface area contributed by atoms with E-state index in [1.54, 1.807) is 23.0 Å². The summed E-state index contributed by atoms with van der Waals surface area (Å²) >= 11 is 2.24. The van der Waals surface area contributed by atoms with Crippen LogP contribution in [0.25, 0.3) is 5.69 Å². The standard InChI is InChI=1S/C16H12IN3O/c17-12-6-8-13(9-7-12)20-10-19-16(18)14(20)15(21)11-4-2-1-3-5-11/h1-10H,18H2. The molecule has 3 rings (SSSR count). The summed E-state index contributed by atoms with van der Waals surface area (Å²) in [7, 11) is 0. The number of hydrogen-bond acceptors (Lipinski definition) is 3. The number of carbonyl (C=O) groups is 1. The molecule has 1 heterocycles. The number of rotatable bonds is 3. The summed E-state index contributed by atoms with van der Waals surface area (Å²) in [6, 6.07) is 16.9. The van der Waals surface area contributed by atoms with Gasteiger partial charge in [-0.15, -0.1) is 0 Å². The van der Waals surface area contributed by atoms with Gasteiger partial charge in [-0.1, -0.05) is 30.3 Å². The molecule has 0 saturated heterocycles. The fourth-order valence-corrected chi connectivity index (χ4v) is 2.47. The average molecular weight is 389 g/mol. The third kappa shape index (κ3) is 2.69. The van der Waals surface area contributed by atoms with Crippen LogP contribution in [-0.4, -0.2) is 15.3 Å². The van der Waals surface area contributed by atoms with Gasteiger partial charge in [0.2, 0.25) is 5.78 Å². The summed E-state index contributed by atoms with van der Waals surface area (Å²) in [6.07, 6.45) is 1.58. The lowest BCUT2D eigenvalue weighted by Crippen LogP contribution is -2.10. The van der Waals surface area contributed by atoms with Gasteiger partial charge in [0.05, 0.1) is 0 Å². The van der Waals surface area contributed by atoms with Crippen LogP contribution in [0.2, 0.25) is 0 Å². The van der Waals surface area contributed by atoms with Crippen LogP contribution in [0.3, 0.4) is 0 Å². The second-order valence-corrected chi connectivity index (χ2v) is 5.77. The molecule has 0 radical (unpaired) electrons. The number of nitrogens with zero attached hydrogens (tertiary/aromatic N) is 2. The molecule has 104 valence electrons. The molecule has 4 nitrogen and oxygen atoms in total. The van der Waals surface area contributed by atoms with Crippen molar-refractivity contribution >= 4 is 34.2 Å². The number of nitrogen functional groups attached to an aromatic ring is 1. The molecule has 0 saturated carbocycles. The summed E-state index contributed by atoms with van der Waals surface area (Å²) in [5, 5.41) is 0. The first-order valence-corrected chi connectivity index (χ1v) is 7.43. The van der Waals surface area contributed by atoms with Crippen molar-refractivity contribution in [2.75, 3.05) is 5.73 Å². The molecular weight excluding hydrogens is 377 g/mol. The van der Waals surface area contributed by atoms with Crippen molar-refractivity contribution in [1.82, 2.24) is 9.55 Å². The van der Waals surface area contributed by atoms with Gasteiger partial charge in [-0.05, 0) is 46.9 Å². The maximum absolute atomic E-state index is 12.6. The van der Waals surface area contributed by atoms with Crippen molar-refractivity contribution in [1.29, 1.82) is 0 Å². The van der Waals surface area contributed by atoms with Crippen LogP contribution in [0.4, 0.5) is 5.82 Å². The Hall–Kier alpha value is -2.15. The predicted octanol–water partition coefficient (Wildman–Crippen LogP) is 3.29. The highest BCUT2D eigenvalue weighted by Crippen LogP contribution is 2.20. The average Bonchev–Trinajstić information content (AvgIpc) is 2.90. The SMILES string of the molecule is Nc1ncn(-c2ccc(I)cc2)c1C(=O)c1ccccc1. The van der Waals surface area contributed by atoms with Gasteiger partial charge >= 0.3 is 0 Å². The minimum atomic E-state index is -0.135. The topological polar surface area (TPSA) is 60.9 Å². The Morgan fingerprint density at radius 2 is 1.71 bits per heavy atom. The van der Waals surface area contributed by atoms with Gasteiger partial charge in [0.25, 0.3) is 0 Å². The Morgan fingerprint density at radius 3 is 2.38 bits per heavy atom. The van der Waals surface area contributed by atoms with Crippen LogP contribution in [0.5, 0.6) is 0 Å². The molecule has 0 bridgehead atoms. The zero-order chi connectivity index (χ0) is 14.8. The maximum atomic E-state index is 12.6. The number of benzene rings is 2.